The molecule has 1 aromatic rings. The molecule has 1 N–H and O–H groups in total. The van der Waals surface area contributed by atoms with Gasteiger partial charge >= 0.3 is 0 Å². The molecule has 0 radical (unpaired) electrons. The van der Waals surface area contributed by atoms with Crippen molar-refractivity contribution in [2.24, 2.45) is 0 Å². The number of ether oxygens (including phenoxy) is 1. The summed E-state index contributed by atoms with van der Waals surface area (Å²) in [5.74, 6) is 2.15. The Kier molecular flexibility index (Phi) is 4.35. The zero-order valence-corrected chi connectivity index (χ0v) is 11.6. The van der Waals surface area contributed by atoms with Gasteiger partial charge in [-0.3, -0.25) is 0 Å². The molecule has 17 heavy (non-hydrogen) atoms. The van der Waals surface area contributed by atoms with Crippen LogP contribution in [0.5, 0.6) is 5.75 Å². The second-order valence-corrected chi connectivity index (χ2v) is 5.97. The van der Waals surface area contributed by atoms with Crippen LogP contribution in [-0.4, -0.2) is 24.2 Å². The number of thioether (sulfide) groups is 1. The van der Waals surface area contributed by atoms with E-state index in [9.17, 15) is 0 Å². The van der Waals surface area contributed by atoms with Gasteiger partial charge in [-0.25, -0.2) is 0 Å². The van der Waals surface area contributed by atoms with Crippen molar-refractivity contribution in [2.45, 2.75) is 37.6 Å². The fourth-order valence-corrected chi connectivity index (χ4v) is 3.51. The first-order chi connectivity index (χ1) is 8.24. The minimum Gasteiger partial charge on any atom is -0.497 e. The molecule has 1 aliphatic heterocycles. The second-order valence-electron chi connectivity index (χ2n) is 4.56. The van der Waals surface area contributed by atoms with Gasteiger partial charge in [-0.05, 0) is 24.1 Å². The van der Waals surface area contributed by atoms with Crippen molar-refractivity contribution in [3.05, 3.63) is 29.8 Å². The molecule has 0 spiro atoms. The predicted octanol–water partition coefficient (Wildman–Crippen LogP) is 3.24. The molecule has 0 aliphatic carbocycles. The first-order valence-electron chi connectivity index (χ1n) is 6.26. The van der Waals surface area contributed by atoms with Gasteiger partial charge in [0.15, 0.2) is 0 Å². The van der Waals surface area contributed by atoms with E-state index < -0.39 is 0 Å². The summed E-state index contributed by atoms with van der Waals surface area (Å²) in [4.78, 5) is 0. The van der Waals surface area contributed by atoms with Crippen LogP contribution in [-0.2, 0) is 0 Å². The quantitative estimate of drug-likeness (QED) is 0.891. The number of hydrogen-bond donors (Lipinski definition) is 1. The molecule has 1 fully saturated rings. The third-order valence-corrected chi connectivity index (χ3v) is 4.81. The van der Waals surface area contributed by atoms with Crippen molar-refractivity contribution >= 4 is 11.8 Å². The maximum absolute atomic E-state index is 5.20. The number of rotatable bonds is 3. The van der Waals surface area contributed by atoms with Crippen molar-refractivity contribution in [3.63, 3.8) is 0 Å². The Morgan fingerprint density at radius 1 is 1.35 bits per heavy atom. The average Bonchev–Trinajstić information content (AvgIpc) is 2.39. The standard InChI is InChI=1S/C14H21NOS/c1-4-12-9-17-10(2)14(15-12)11-5-7-13(16-3)8-6-11/h5-8,10,12,14-15H,4,9H2,1-3H3. The lowest BCUT2D eigenvalue weighted by Crippen LogP contribution is -2.43. The maximum atomic E-state index is 5.20. The van der Waals surface area contributed by atoms with E-state index in [2.05, 4.69) is 43.1 Å². The molecule has 3 unspecified atom stereocenters. The van der Waals surface area contributed by atoms with Crippen molar-refractivity contribution in [3.8, 4) is 5.75 Å². The summed E-state index contributed by atoms with van der Waals surface area (Å²) in [6.07, 6.45) is 1.20. The third kappa shape index (κ3) is 2.96. The lowest BCUT2D eigenvalue weighted by molar-refractivity contribution is 0.412. The largest absolute Gasteiger partial charge is 0.497 e. The van der Waals surface area contributed by atoms with E-state index in [1.807, 2.05) is 12.1 Å². The molecule has 1 aromatic carbocycles. The van der Waals surface area contributed by atoms with E-state index >= 15 is 0 Å². The molecule has 3 heteroatoms. The van der Waals surface area contributed by atoms with Crippen LogP contribution in [0.4, 0.5) is 0 Å². The summed E-state index contributed by atoms with van der Waals surface area (Å²) in [6, 6.07) is 9.54. The van der Waals surface area contributed by atoms with Gasteiger partial charge in [0, 0.05) is 23.1 Å². The fourth-order valence-electron chi connectivity index (χ4n) is 2.22. The van der Waals surface area contributed by atoms with Gasteiger partial charge in [0.1, 0.15) is 5.75 Å². The normalized spacial score (nSPS) is 29.0. The highest BCUT2D eigenvalue weighted by atomic mass is 32.2. The Bertz CT molecular complexity index is 352. The number of hydrogen-bond acceptors (Lipinski definition) is 3. The van der Waals surface area contributed by atoms with Gasteiger partial charge in [0.05, 0.1) is 7.11 Å². The Morgan fingerprint density at radius 3 is 2.65 bits per heavy atom. The van der Waals surface area contributed by atoms with Gasteiger partial charge in [-0.15, -0.1) is 0 Å². The Morgan fingerprint density at radius 2 is 2.06 bits per heavy atom. The van der Waals surface area contributed by atoms with Gasteiger partial charge in [-0.2, -0.15) is 11.8 Å². The monoisotopic (exact) mass is 251 g/mol. The Balaban J connectivity index is 2.12. The predicted molar refractivity (Wildman–Crippen MR) is 74.9 cm³/mol. The molecule has 2 rings (SSSR count). The highest BCUT2D eigenvalue weighted by Gasteiger charge is 2.27. The fraction of sp³-hybridized carbons (Fsp3) is 0.571. The number of methoxy groups -OCH3 is 1. The number of benzene rings is 1. The summed E-state index contributed by atoms with van der Waals surface area (Å²) in [7, 11) is 1.71. The van der Waals surface area contributed by atoms with Crippen LogP contribution in [0, 0.1) is 0 Å². The molecule has 1 aliphatic rings. The number of nitrogens with one attached hydrogen (secondary N) is 1. The first kappa shape index (κ1) is 12.8. The molecule has 0 amide bonds. The van der Waals surface area contributed by atoms with E-state index in [0.717, 1.165) is 5.75 Å². The zero-order valence-electron chi connectivity index (χ0n) is 10.8. The highest BCUT2D eigenvalue weighted by molar-refractivity contribution is 8.00. The smallest absolute Gasteiger partial charge is 0.118 e. The van der Waals surface area contributed by atoms with Gasteiger partial charge in [-0.1, -0.05) is 26.0 Å². The first-order valence-corrected chi connectivity index (χ1v) is 7.31. The third-order valence-electron chi connectivity index (χ3n) is 3.41. The molecular formula is C14H21NOS. The Hall–Kier alpha value is -0.670. The minimum atomic E-state index is 0.463. The average molecular weight is 251 g/mol. The zero-order chi connectivity index (χ0) is 12.3. The van der Waals surface area contributed by atoms with Crippen LogP contribution in [0.25, 0.3) is 0 Å². The van der Waals surface area contributed by atoms with E-state index in [1.54, 1.807) is 7.11 Å². The van der Waals surface area contributed by atoms with Crippen LogP contribution in [0.2, 0.25) is 0 Å². The lowest BCUT2D eigenvalue weighted by Gasteiger charge is -2.35. The van der Waals surface area contributed by atoms with E-state index in [1.165, 1.54) is 17.7 Å². The molecule has 1 saturated heterocycles. The summed E-state index contributed by atoms with van der Waals surface area (Å²) in [5, 5.41) is 4.38. The highest BCUT2D eigenvalue weighted by Crippen LogP contribution is 2.32. The van der Waals surface area contributed by atoms with Gasteiger partial charge in [0.25, 0.3) is 0 Å². The van der Waals surface area contributed by atoms with Crippen LogP contribution >= 0.6 is 11.8 Å². The summed E-state index contributed by atoms with van der Waals surface area (Å²) in [6.45, 7) is 4.55. The van der Waals surface area contributed by atoms with E-state index in [4.69, 9.17) is 4.74 Å². The van der Waals surface area contributed by atoms with Crippen LogP contribution in [0.3, 0.4) is 0 Å². The van der Waals surface area contributed by atoms with Crippen molar-refractivity contribution in [1.82, 2.24) is 5.32 Å². The topological polar surface area (TPSA) is 21.3 Å². The molecule has 0 aromatic heterocycles. The van der Waals surface area contributed by atoms with E-state index in [0.29, 0.717) is 17.3 Å². The van der Waals surface area contributed by atoms with Gasteiger partial charge < -0.3 is 10.1 Å². The second kappa shape index (κ2) is 5.78. The van der Waals surface area contributed by atoms with E-state index in [-0.39, 0.29) is 0 Å². The summed E-state index contributed by atoms with van der Waals surface area (Å²) in [5.41, 5.74) is 1.36. The van der Waals surface area contributed by atoms with Gasteiger partial charge in [0.2, 0.25) is 0 Å². The summed E-state index contributed by atoms with van der Waals surface area (Å²) < 4.78 is 5.20. The van der Waals surface area contributed by atoms with Crippen molar-refractivity contribution in [1.29, 1.82) is 0 Å². The molecule has 94 valence electrons. The molecule has 3 atom stereocenters. The lowest BCUT2D eigenvalue weighted by atomic mass is 10.0. The van der Waals surface area contributed by atoms with Crippen LogP contribution < -0.4 is 10.1 Å². The molecule has 0 bridgehead atoms. The van der Waals surface area contributed by atoms with Crippen LogP contribution in [0.15, 0.2) is 24.3 Å². The molecule has 2 nitrogen and oxygen atoms in total. The van der Waals surface area contributed by atoms with Crippen LogP contribution in [0.1, 0.15) is 31.9 Å². The van der Waals surface area contributed by atoms with Crippen molar-refractivity contribution in [2.75, 3.05) is 12.9 Å². The van der Waals surface area contributed by atoms with Crippen molar-refractivity contribution < 1.29 is 4.74 Å². The Labute approximate surface area is 108 Å². The molecule has 1 heterocycles. The molecular weight excluding hydrogens is 230 g/mol. The summed E-state index contributed by atoms with van der Waals surface area (Å²) >= 11 is 2.07. The molecule has 0 saturated carbocycles. The SMILES string of the molecule is CCC1CSC(C)C(c2ccc(OC)cc2)N1. The minimum absolute atomic E-state index is 0.463. The maximum Gasteiger partial charge on any atom is 0.118 e.